The lowest BCUT2D eigenvalue weighted by atomic mass is 10.1. The van der Waals surface area contributed by atoms with Gasteiger partial charge in [-0.1, -0.05) is 6.07 Å². The lowest BCUT2D eigenvalue weighted by Crippen LogP contribution is -2.30. The molecule has 0 fully saturated rings. The van der Waals surface area contributed by atoms with Gasteiger partial charge >= 0.3 is 5.97 Å². The van der Waals surface area contributed by atoms with Gasteiger partial charge in [0.15, 0.2) is 6.10 Å². The molecule has 0 aliphatic carbocycles. The highest BCUT2D eigenvalue weighted by Crippen LogP contribution is 2.26. The van der Waals surface area contributed by atoms with Crippen molar-refractivity contribution >= 4 is 28.9 Å². The summed E-state index contributed by atoms with van der Waals surface area (Å²) in [6.45, 7) is 3.27. The van der Waals surface area contributed by atoms with Crippen LogP contribution in [0.25, 0.3) is 0 Å². The summed E-state index contributed by atoms with van der Waals surface area (Å²) in [6.07, 6.45) is -1.14. The number of non-ortho nitro benzene ring substituents is 1. The smallest absolute Gasteiger partial charge is 0.341 e. The summed E-state index contributed by atoms with van der Waals surface area (Å²) < 4.78 is 10.4. The van der Waals surface area contributed by atoms with E-state index in [2.05, 4.69) is 10.6 Å². The van der Waals surface area contributed by atoms with Crippen molar-refractivity contribution < 1.29 is 24.0 Å². The van der Waals surface area contributed by atoms with Crippen molar-refractivity contribution in [1.82, 2.24) is 0 Å². The number of esters is 1. The van der Waals surface area contributed by atoms with Crippen molar-refractivity contribution in [3.63, 3.8) is 0 Å². The van der Waals surface area contributed by atoms with Crippen LogP contribution in [0.15, 0.2) is 36.4 Å². The first-order valence-corrected chi connectivity index (χ1v) is 8.39. The van der Waals surface area contributed by atoms with Crippen LogP contribution in [0, 0.1) is 17.0 Å². The largest absolute Gasteiger partial charge is 0.495 e. The van der Waals surface area contributed by atoms with Crippen LogP contribution in [-0.2, 0) is 9.53 Å². The summed E-state index contributed by atoms with van der Waals surface area (Å²) in [5.41, 5.74) is 1.42. The molecule has 0 saturated carbocycles. The number of aryl methyl sites for hydroxylation is 1. The second-order valence-corrected chi connectivity index (χ2v) is 5.98. The highest BCUT2D eigenvalue weighted by atomic mass is 16.6. The summed E-state index contributed by atoms with van der Waals surface area (Å²) in [5.74, 6) is -0.950. The van der Waals surface area contributed by atoms with Crippen LogP contribution >= 0.6 is 0 Å². The van der Waals surface area contributed by atoms with Crippen LogP contribution in [0.4, 0.5) is 17.1 Å². The van der Waals surface area contributed by atoms with Crippen LogP contribution in [0.2, 0.25) is 0 Å². The Morgan fingerprint density at radius 1 is 1.14 bits per heavy atom. The van der Waals surface area contributed by atoms with Gasteiger partial charge < -0.3 is 20.1 Å². The summed E-state index contributed by atoms with van der Waals surface area (Å²) in [6, 6.07) is 9.04. The van der Waals surface area contributed by atoms with Gasteiger partial charge in [-0.25, -0.2) is 4.79 Å². The standard InChI is InChI=1S/C19H21N3O6/c1-11-5-8-17(27-4)16(9-11)21-18(23)12(2)28-19(24)14-10-13(22(25)26)6-7-15(14)20-3/h5-10,12,20H,1-4H3,(H,21,23)/t12-/m0/s1. The minimum atomic E-state index is -1.14. The van der Waals surface area contributed by atoms with Gasteiger partial charge in [-0.2, -0.15) is 0 Å². The summed E-state index contributed by atoms with van der Waals surface area (Å²) in [4.78, 5) is 35.2. The summed E-state index contributed by atoms with van der Waals surface area (Å²) >= 11 is 0. The molecule has 1 atom stereocenters. The molecule has 0 aliphatic heterocycles. The number of methoxy groups -OCH3 is 1. The van der Waals surface area contributed by atoms with Crippen LogP contribution in [0.5, 0.6) is 5.75 Å². The quantitative estimate of drug-likeness (QED) is 0.425. The van der Waals surface area contributed by atoms with Gasteiger partial charge in [0, 0.05) is 24.9 Å². The molecule has 0 unspecified atom stereocenters. The Hall–Kier alpha value is -3.62. The molecule has 0 aliphatic rings. The minimum Gasteiger partial charge on any atom is -0.495 e. The first-order chi connectivity index (χ1) is 13.3. The zero-order valence-electron chi connectivity index (χ0n) is 15.9. The molecule has 2 aromatic rings. The van der Waals surface area contributed by atoms with Crippen molar-refractivity contribution in [3.05, 3.63) is 57.6 Å². The molecule has 1 amide bonds. The normalized spacial score (nSPS) is 11.3. The van der Waals surface area contributed by atoms with Crippen LogP contribution in [0.1, 0.15) is 22.8 Å². The van der Waals surface area contributed by atoms with Crippen molar-refractivity contribution in [2.45, 2.75) is 20.0 Å². The first-order valence-electron chi connectivity index (χ1n) is 8.39. The molecule has 0 spiro atoms. The van der Waals surface area contributed by atoms with E-state index < -0.39 is 22.9 Å². The molecule has 2 rings (SSSR count). The number of nitrogens with zero attached hydrogens (tertiary/aromatic N) is 1. The van der Waals surface area contributed by atoms with E-state index in [0.29, 0.717) is 17.1 Å². The molecular weight excluding hydrogens is 366 g/mol. The van der Waals surface area contributed by atoms with E-state index in [4.69, 9.17) is 9.47 Å². The lowest BCUT2D eigenvalue weighted by Gasteiger charge is -2.16. The van der Waals surface area contributed by atoms with Gasteiger partial charge in [-0.15, -0.1) is 0 Å². The molecule has 0 bridgehead atoms. The molecular formula is C19H21N3O6. The second kappa shape index (κ2) is 8.85. The maximum atomic E-state index is 12.5. The van der Waals surface area contributed by atoms with Crippen molar-refractivity contribution in [2.24, 2.45) is 0 Å². The zero-order chi connectivity index (χ0) is 20.8. The molecule has 9 heteroatoms. The second-order valence-electron chi connectivity index (χ2n) is 5.98. The number of nitro benzene ring substituents is 1. The van der Waals surface area contributed by atoms with E-state index in [9.17, 15) is 19.7 Å². The Morgan fingerprint density at radius 2 is 1.86 bits per heavy atom. The molecule has 0 aromatic heterocycles. The highest BCUT2D eigenvalue weighted by Gasteiger charge is 2.23. The van der Waals surface area contributed by atoms with E-state index in [1.165, 1.54) is 26.2 Å². The number of hydrogen-bond acceptors (Lipinski definition) is 7. The molecule has 9 nitrogen and oxygen atoms in total. The van der Waals surface area contributed by atoms with Gasteiger partial charge in [0.05, 0.1) is 23.3 Å². The first kappa shape index (κ1) is 20.7. The van der Waals surface area contributed by atoms with E-state index in [1.54, 1.807) is 19.2 Å². The fourth-order valence-electron chi connectivity index (χ4n) is 2.46. The van der Waals surface area contributed by atoms with Gasteiger partial charge in [-0.3, -0.25) is 14.9 Å². The molecule has 0 saturated heterocycles. The van der Waals surface area contributed by atoms with Crippen LogP contribution < -0.4 is 15.4 Å². The van der Waals surface area contributed by atoms with Crippen molar-refractivity contribution in [1.29, 1.82) is 0 Å². The van der Waals surface area contributed by atoms with E-state index in [1.807, 2.05) is 13.0 Å². The Labute approximate surface area is 161 Å². The fraction of sp³-hybridized carbons (Fsp3) is 0.263. The number of rotatable bonds is 7. The topological polar surface area (TPSA) is 120 Å². The molecule has 28 heavy (non-hydrogen) atoms. The van der Waals surface area contributed by atoms with Crippen molar-refractivity contribution in [3.8, 4) is 5.75 Å². The Kier molecular flexibility index (Phi) is 6.54. The summed E-state index contributed by atoms with van der Waals surface area (Å²) in [7, 11) is 3.05. The lowest BCUT2D eigenvalue weighted by molar-refractivity contribution is -0.384. The third kappa shape index (κ3) is 4.76. The molecule has 2 aromatic carbocycles. The Morgan fingerprint density at radius 3 is 2.46 bits per heavy atom. The number of nitro groups is 1. The fourth-order valence-corrected chi connectivity index (χ4v) is 2.46. The monoisotopic (exact) mass is 387 g/mol. The Bertz CT molecular complexity index is 913. The molecule has 148 valence electrons. The number of benzene rings is 2. The minimum absolute atomic E-state index is 0.0375. The molecule has 0 radical (unpaired) electrons. The number of hydrogen-bond donors (Lipinski definition) is 2. The highest BCUT2D eigenvalue weighted by molar-refractivity contribution is 6.00. The van der Waals surface area contributed by atoms with Gasteiger partial charge in [-0.05, 0) is 37.6 Å². The van der Waals surface area contributed by atoms with Gasteiger partial charge in [0.25, 0.3) is 11.6 Å². The number of anilines is 2. The molecule has 0 heterocycles. The predicted octanol–water partition coefficient (Wildman–Crippen LogP) is 3.14. The SMILES string of the molecule is CNc1ccc([N+](=O)[O-])cc1C(=O)O[C@@H](C)C(=O)Nc1cc(C)ccc1OC. The van der Waals surface area contributed by atoms with Crippen molar-refractivity contribution in [2.75, 3.05) is 24.8 Å². The van der Waals surface area contributed by atoms with E-state index in [-0.39, 0.29) is 11.3 Å². The number of nitrogens with one attached hydrogen (secondary N) is 2. The number of amides is 1. The van der Waals surface area contributed by atoms with Crippen LogP contribution in [-0.4, -0.2) is 37.1 Å². The average Bonchev–Trinajstić information content (AvgIpc) is 2.67. The summed E-state index contributed by atoms with van der Waals surface area (Å²) in [5, 5.41) is 16.4. The maximum absolute atomic E-state index is 12.5. The zero-order valence-corrected chi connectivity index (χ0v) is 15.9. The number of ether oxygens (including phenoxy) is 2. The maximum Gasteiger partial charge on any atom is 0.341 e. The van der Waals surface area contributed by atoms with E-state index >= 15 is 0 Å². The average molecular weight is 387 g/mol. The Balaban J connectivity index is 2.16. The van der Waals surface area contributed by atoms with Gasteiger partial charge in [0.2, 0.25) is 0 Å². The molecule has 2 N–H and O–H groups in total. The van der Waals surface area contributed by atoms with Gasteiger partial charge in [0.1, 0.15) is 5.75 Å². The van der Waals surface area contributed by atoms with Crippen LogP contribution in [0.3, 0.4) is 0 Å². The predicted molar refractivity (Wildman–Crippen MR) is 104 cm³/mol. The third-order valence-electron chi connectivity index (χ3n) is 3.97. The van der Waals surface area contributed by atoms with E-state index in [0.717, 1.165) is 11.6 Å². The third-order valence-corrected chi connectivity index (χ3v) is 3.97. The number of carbonyl (C=O) groups is 2. The number of carbonyl (C=O) groups excluding carboxylic acids is 2.